The summed E-state index contributed by atoms with van der Waals surface area (Å²) in [4.78, 5) is 25.8. The second-order valence-electron chi connectivity index (χ2n) is 6.07. The summed E-state index contributed by atoms with van der Waals surface area (Å²) in [6.07, 6.45) is 5.26. The van der Waals surface area contributed by atoms with Crippen LogP contribution in [0.3, 0.4) is 0 Å². The molecule has 2 rings (SSSR count). The third-order valence-corrected chi connectivity index (χ3v) is 4.48. The van der Waals surface area contributed by atoms with Crippen LogP contribution in [0.5, 0.6) is 0 Å². The van der Waals surface area contributed by atoms with E-state index in [-0.39, 0.29) is 11.9 Å². The van der Waals surface area contributed by atoms with Crippen molar-refractivity contribution < 1.29 is 14.7 Å². The molecule has 0 saturated carbocycles. The van der Waals surface area contributed by atoms with Crippen LogP contribution in [0.2, 0.25) is 0 Å². The lowest BCUT2D eigenvalue weighted by molar-refractivity contribution is -0.144. The van der Waals surface area contributed by atoms with Gasteiger partial charge in [-0.25, -0.2) is 0 Å². The van der Waals surface area contributed by atoms with E-state index in [0.717, 1.165) is 25.8 Å². The van der Waals surface area contributed by atoms with Crippen LogP contribution >= 0.6 is 0 Å². The molecule has 0 radical (unpaired) electrons. The van der Waals surface area contributed by atoms with Crippen molar-refractivity contribution in [3.05, 3.63) is 17.5 Å². The van der Waals surface area contributed by atoms with Gasteiger partial charge in [0.2, 0.25) is 0 Å². The molecule has 1 aromatic heterocycles. The average molecular weight is 307 g/mol. The van der Waals surface area contributed by atoms with Gasteiger partial charge in [-0.1, -0.05) is 13.3 Å². The zero-order chi connectivity index (χ0) is 16.3. The van der Waals surface area contributed by atoms with E-state index in [2.05, 4.69) is 12.0 Å². The summed E-state index contributed by atoms with van der Waals surface area (Å²) in [5, 5.41) is 13.7. The van der Waals surface area contributed by atoms with Gasteiger partial charge in [0.15, 0.2) is 0 Å². The maximum absolute atomic E-state index is 12.8. The van der Waals surface area contributed by atoms with Crippen LogP contribution in [0.4, 0.5) is 0 Å². The Balaban J connectivity index is 2.16. The van der Waals surface area contributed by atoms with Gasteiger partial charge < -0.3 is 10.0 Å². The van der Waals surface area contributed by atoms with E-state index in [0.29, 0.717) is 24.2 Å². The number of hydrogen-bond donors (Lipinski definition) is 1. The molecule has 22 heavy (non-hydrogen) atoms. The highest BCUT2D eigenvalue weighted by Gasteiger charge is 2.36. The fourth-order valence-electron chi connectivity index (χ4n) is 3.08. The van der Waals surface area contributed by atoms with Crippen molar-refractivity contribution in [2.24, 2.45) is 5.92 Å². The summed E-state index contributed by atoms with van der Waals surface area (Å²) in [7, 11) is 0. The van der Waals surface area contributed by atoms with E-state index in [4.69, 9.17) is 0 Å². The highest BCUT2D eigenvalue weighted by molar-refractivity contribution is 5.95. The van der Waals surface area contributed by atoms with Crippen LogP contribution in [-0.2, 0) is 11.3 Å². The number of piperidine rings is 1. The number of nitrogens with zero attached hydrogens (tertiary/aromatic N) is 3. The van der Waals surface area contributed by atoms with Crippen molar-refractivity contribution in [3.63, 3.8) is 0 Å². The molecule has 0 aromatic carbocycles. The molecule has 1 fully saturated rings. The number of carboxylic acid groups (broad SMARTS) is 1. The van der Waals surface area contributed by atoms with Gasteiger partial charge in [-0.05, 0) is 33.1 Å². The van der Waals surface area contributed by atoms with E-state index in [1.165, 1.54) is 0 Å². The molecule has 2 heterocycles. The number of carboxylic acids is 1. The van der Waals surface area contributed by atoms with Gasteiger partial charge in [-0.2, -0.15) is 5.10 Å². The summed E-state index contributed by atoms with van der Waals surface area (Å²) in [6.45, 7) is 7.19. The molecule has 6 nitrogen and oxygen atoms in total. The van der Waals surface area contributed by atoms with Gasteiger partial charge in [-0.15, -0.1) is 0 Å². The SMILES string of the molecule is CCCCn1cc(C(=O)N2CCC[C@H](C(=O)O)[C@@H]2C)c(C)n1. The predicted octanol–water partition coefficient (Wildman–Crippen LogP) is 2.32. The van der Waals surface area contributed by atoms with E-state index in [1.807, 2.05) is 18.5 Å². The minimum Gasteiger partial charge on any atom is -0.481 e. The summed E-state index contributed by atoms with van der Waals surface area (Å²) in [5.41, 5.74) is 1.31. The number of likely N-dealkylation sites (tertiary alicyclic amines) is 1. The molecule has 0 aliphatic carbocycles. The van der Waals surface area contributed by atoms with Gasteiger partial charge in [0, 0.05) is 25.3 Å². The highest BCUT2D eigenvalue weighted by Crippen LogP contribution is 2.26. The molecule has 6 heteroatoms. The molecule has 1 aliphatic heterocycles. The van der Waals surface area contributed by atoms with Crippen LogP contribution in [0.15, 0.2) is 6.20 Å². The van der Waals surface area contributed by atoms with Crippen LogP contribution in [0.1, 0.15) is 55.6 Å². The molecule has 1 N–H and O–H groups in total. The molecule has 0 bridgehead atoms. The van der Waals surface area contributed by atoms with Gasteiger partial charge >= 0.3 is 5.97 Å². The first-order valence-corrected chi connectivity index (χ1v) is 8.03. The Morgan fingerprint density at radius 1 is 1.45 bits per heavy atom. The summed E-state index contributed by atoms with van der Waals surface area (Å²) < 4.78 is 1.81. The minimum absolute atomic E-state index is 0.0984. The molecule has 0 unspecified atom stereocenters. The largest absolute Gasteiger partial charge is 0.481 e. The van der Waals surface area contributed by atoms with E-state index in [9.17, 15) is 14.7 Å². The minimum atomic E-state index is -0.819. The van der Waals surface area contributed by atoms with Crippen LogP contribution < -0.4 is 0 Å². The maximum Gasteiger partial charge on any atom is 0.308 e. The Kier molecular flexibility index (Phi) is 5.21. The Morgan fingerprint density at radius 3 is 2.82 bits per heavy atom. The number of carbonyl (C=O) groups is 2. The van der Waals surface area contributed by atoms with Gasteiger partial charge in [0.05, 0.1) is 17.2 Å². The number of amides is 1. The topological polar surface area (TPSA) is 75.4 Å². The van der Waals surface area contributed by atoms with E-state index >= 15 is 0 Å². The second-order valence-corrected chi connectivity index (χ2v) is 6.07. The predicted molar refractivity (Wildman–Crippen MR) is 82.7 cm³/mol. The third kappa shape index (κ3) is 3.31. The number of unbranched alkanes of at least 4 members (excludes halogenated alkanes) is 1. The first-order valence-electron chi connectivity index (χ1n) is 8.03. The van der Waals surface area contributed by atoms with Crippen LogP contribution in [0.25, 0.3) is 0 Å². The number of hydrogen-bond acceptors (Lipinski definition) is 3. The van der Waals surface area contributed by atoms with Gasteiger partial charge in [0.1, 0.15) is 0 Å². The smallest absolute Gasteiger partial charge is 0.308 e. The second kappa shape index (κ2) is 6.94. The molecule has 1 aliphatic rings. The van der Waals surface area contributed by atoms with Crippen LogP contribution in [-0.4, -0.2) is 44.3 Å². The lowest BCUT2D eigenvalue weighted by Crippen LogP contribution is -2.49. The molecular weight excluding hydrogens is 282 g/mol. The van der Waals surface area contributed by atoms with Crippen molar-refractivity contribution in [2.75, 3.05) is 6.54 Å². The fraction of sp³-hybridized carbons (Fsp3) is 0.688. The van der Waals surface area contributed by atoms with Gasteiger partial charge in [0.25, 0.3) is 5.91 Å². The van der Waals surface area contributed by atoms with Crippen LogP contribution in [0, 0.1) is 12.8 Å². The Morgan fingerprint density at radius 2 is 2.18 bits per heavy atom. The number of carbonyl (C=O) groups excluding carboxylic acids is 1. The monoisotopic (exact) mass is 307 g/mol. The Bertz CT molecular complexity index is 553. The molecule has 1 amide bonds. The third-order valence-electron chi connectivity index (χ3n) is 4.48. The van der Waals surface area contributed by atoms with Crippen molar-refractivity contribution in [1.82, 2.24) is 14.7 Å². The molecule has 122 valence electrons. The number of aromatic nitrogens is 2. The first-order chi connectivity index (χ1) is 10.5. The molecular formula is C16H25N3O3. The standard InChI is InChI=1S/C16H25N3O3/c1-4-5-8-18-10-14(11(2)17-18)15(20)19-9-6-7-13(12(19)3)16(21)22/h10,12-13H,4-9H2,1-3H3,(H,21,22)/t12-,13-/m0/s1. The van der Waals surface area contributed by atoms with E-state index < -0.39 is 11.9 Å². The number of aliphatic carboxylic acids is 1. The van der Waals surface area contributed by atoms with E-state index in [1.54, 1.807) is 11.1 Å². The molecule has 2 atom stereocenters. The molecule has 1 aromatic rings. The lowest BCUT2D eigenvalue weighted by atomic mass is 9.90. The normalized spacial score (nSPS) is 21.9. The van der Waals surface area contributed by atoms with Crippen molar-refractivity contribution in [3.8, 4) is 0 Å². The lowest BCUT2D eigenvalue weighted by Gasteiger charge is -2.37. The average Bonchev–Trinajstić information content (AvgIpc) is 2.85. The quantitative estimate of drug-likeness (QED) is 0.906. The van der Waals surface area contributed by atoms with Gasteiger partial charge in [-0.3, -0.25) is 14.3 Å². The maximum atomic E-state index is 12.8. The zero-order valence-electron chi connectivity index (χ0n) is 13.6. The Hall–Kier alpha value is -1.85. The Labute approximate surface area is 131 Å². The van der Waals surface area contributed by atoms with Crippen molar-refractivity contribution in [1.29, 1.82) is 0 Å². The molecule has 1 saturated heterocycles. The zero-order valence-corrected chi connectivity index (χ0v) is 13.6. The van der Waals surface area contributed by atoms with Crippen molar-refractivity contribution in [2.45, 2.75) is 59.0 Å². The summed E-state index contributed by atoms with van der Waals surface area (Å²) in [5.74, 6) is -1.40. The first kappa shape index (κ1) is 16.5. The number of aryl methyl sites for hydroxylation is 2. The number of rotatable bonds is 5. The summed E-state index contributed by atoms with van der Waals surface area (Å²) in [6, 6.07) is -0.280. The molecule has 0 spiro atoms. The summed E-state index contributed by atoms with van der Waals surface area (Å²) >= 11 is 0. The highest BCUT2D eigenvalue weighted by atomic mass is 16.4. The fourth-order valence-corrected chi connectivity index (χ4v) is 3.08. The van der Waals surface area contributed by atoms with Crippen molar-refractivity contribution >= 4 is 11.9 Å².